The Balaban J connectivity index is 2.63. The van der Waals surface area contributed by atoms with Gasteiger partial charge in [0.1, 0.15) is 18.0 Å². The van der Waals surface area contributed by atoms with Crippen LogP contribution in [0.3, 0.4) is 0 Å². The maximum absolute atomic E-state index is 11.9. The van der Waals surface area contributed by atoms with Crippen molar-refractivity contribution in [3.05, 3.63) is 23.8 Å². The fraction of sp³-hybridized carbons (Fsp3) is 0.500. The van der Waals surface area contributed by atoms with Crippen LogP contribution < -0.4 is 15.7 Å². The van der Waals surface area contributed by atoms with E-state index in [1.807, 2.05) is 33.8 Å². The van der Waals surface area contributed by atoms with E-state index >= 15 is 0 Å². The van der Waals surface area contributed by atoms with Gasteiger partial charge in [0.2, 0.25) is 0 Å². The number of ether oxygens (including phenoxy) is 2. The molecule has 126 valence electrons. The quantitative estimate of drug-likeness (QED) is 0.324. The van der Waals surface area contributed by atoms with E-state index in [1.54, 1.807) is 12.1 Å². The van der Waals surface area contributed by atoms with Crippen molar-refractivity contribution in [3.63, 3.8) is 0 Å². The van der Waals surface area contributed by atoms with Gasteiger partial charge in [-0.05, 0) is 51.5 Å². The molecule has 0 spiro atoms. The molecule has 1 rings (SSSR count). The minimum absolute atomic E-state index is 0.124. The zero-order valence-corrected chi connectivity index (χ0v) is 14.2. The SMILES string of the molecule is Cc1cc(N)ccc1OC[C@@H](CC(=O)OC(C)(C)C)NBC=O. The molecule has 0 unspecified atom stereocenters. The molecule has 7 heteroatoms. The van der Waals surface area contributed by atoms with Crippen LogP contribution in [-0.4, -0.2) is 37.8 Å². The van der Waals surface area contributed by atoms with Crippen LogP contribution in [0.2, 0.25) is 0 Å². The highest BCUT2D eigenvalue weighted by Crippen LogP contribution is 2.20. The highest BCUT2D eigenvalue weighted by Gasteiger charge is 2.21. The number of hydrogen-bond donors (Lipinski definition) is 2. The molecule has 0 radical (unpaired) electrons. The standard InChI is InChI=1S/C16H25BN2O4/c1-11-7-12(18)5-6-14(11)22-9-13(19-17-10-20)8-15(21)23-16(2,3)4/h5-7,10,13,17,19H,8-9,18H2,1-4H3/t13-/m1/s1. The molecule has 0 aliphatic carbocycles. The van der Waals surface area contributed by atoms with Crippen LogP contribution in [0, 0.1) is 6.92 Å². The Labute approximate surface area is 138 Å². The lowest BCUT2D eigenvalue weighted by Gasteiger charge is -2.23. The van der Waals surface area contributed by atoms with E-state index in [4.69, 9.17) is 15.2 Å². The molecule has 0 saturated heterocycles. The van der Waals surface area contributed by atoms with Gasteiger partial charge < -0.3 is 25.2 Å². The van der Waals surface area contributed by atoms with Crippen molar-refractivity contribution in [1.82, 2.24) is 5.23 Å². The van der Waals surface area contributed by atoms with Gasteiger partial charge >= 0.3 is 5.97 Å². The molecular weight excluding hydrogens is 295 g/mol. The summed E-state index contributed by atoms with van der Waals surface area (Å²) in [6, 6.07) is 5.04. The molecule has 0 fully saturated rings. The van der Waals surface area contributed by atoms with Crippen molar-refractivity contribution in [3.8, 4) is 5.75 Å². The largest absolute Gasteiger partial charge is 0.492 e. The zero-order valence-electron chi connectivity index (χ0n) is 14.2. The fourth-order valence-electron chi connectivity index (χ4n) is 2.01. The first-order chi connectivity index (χ1) is 10.7. The Morgan fingerprint density at radius 1 is 1.43 bits per heavy atom. The number of aryl methyl sites for hydroxylation is 1. The number of esters is 1. The van der Waals surface area contributed by atoms with Crippen LogP contribution in [0.5, 0.6) is 5.75 Å². The molecular formula is C16H25BN2O4. The summed E-state index contributed by atoms with van der Waals surface area (Å²) in [6.07, 6.45) is 0.871. The summed E-state index contributed by atoms with van der Waals surface area (Å²) >= 11 is 0. The number of anilines is 1. The Kier molecular flexibility index (Phi) is 7.09. The second kappa shape index (κ2) is 8.57. The number of nitrogens with two attached hydrogens (primary N) is 1. The van der Waals surface area contributed by atoms with Crippen molar-refractivity contribution in [2.24, 2.45) is 0 Å². The number of benzene rings is 1. The van der Waals surface area contributed by atoms with Crippen molar-refractivity contribution in [2.75, 3.05) is 12.3 Å². The van der Waals surface area contributed by atoms with Crippen LogP contribution in [-0.2, 0) is 14.3 Å². The second-order valence-corrected chi connectivity index (χ2v) is 6.40. The van der Waals surface area contributed by atoms with Crippen molar-refractivity contribution in [1.29, 1.82) is 0 Å². The first kappa shape index (κ1) is 19.0. The predicted octanol–water partition coefficient (Wildman–Crippen LogP) is 1.19. The van der Waals surface area contributed by atoms with Crippen molar-refractivity contribution in [2.45, 2.75) is 45.8 Å². The first-order valence-electron chi connectivity index (χ1n) is 7.59. The predicted molar refractivity (Wildman–Crippen MR) is 92.4 cm³/mol. The summed E-state index contributed by atoms with van der Waals surface area (Å²) in [5.41, 5.74) is 6.74. The average molecular weight is 320 g/mol. The molecule has 0 aromatic heterocycles. The monoisotopic (exact) mass is 320 g/mol. The Bertz CT molecular complexity index is 543. The first-order valence-corrected chi connectivity index (χ1v) is 7.59. The number of rotatable bonds is 8. The van der Waals surface area contributed by atoms with E-state index in [2.05, 4.69) is 5.23 Å². The average Bonchev–Trinajstić information content (AvgIpc) is 2.41. The van der Waals surface area contributed by atoms with Gasteiger partial charge in [-0.15, -0.1) is 0 Å². The number of carbonyl (C=O) groups excluding carboxylic acids is 2. The molecule has 0 bridgehead atoms. The van der Waals surface area contributed by atoms with Gasteiger partial charge in [0.25, 0.3) is 7.41 Å². The molecule has 3 N–H and O–H groups in total. The molecule has 0 heterocycles. The Morgan fingerprint density at radius 3 is 2.70 bits per heavy atom. The second-order valence-electron chi connectivity index (χ2n) is 6.40. The number of nitrogens with one attached hydrogen (secondary N) is 1. The third-order valence-corrected chi connectivity index (χ3v) is 2.96. The van der Waals surface area contributed by atoms with Crippen LogP contribution in [0.1, 0.15) is 32.8 Å². The fourth-order valence-corrected chi connectivity index (χ4v) is 2.01. The van der Waals surface area contributed by atoms with Gasteiger partial charge in [0.15, 0.2) is 0 Å². The van der Waals surface area contributed by atoms with E-state index in [9.17, 15) is 9.59 Å². The van der Waals surface area contributed by atoms with Crippen molar-refractivity contribution >= 4 is 25.3 Å². The maximum Gasteiger partial charge on any atom is 0.307 e. The van der Waals surface area contributed by atoms with Gasteiger partial charge in [0.05, 0.1) is 12.6 Å². The highest BCUT2D eigenvalue weighted by molar-refractivity contribution is 6.64. The highest BCUT2D eigenvalue weighted by atomic mass is 16.6. The van der Waals surface area contributed by atoms with E-state index in [0.29, 0.717) is 11.4 Å². The third-order valence-electron chi connectivity index (χ3n) is 2.96. The summed E-state index contributed by atoms with van der Waals surface area (Å²) in [5.74, 6) is 0.361. The lowest BCUT2D eigenvalue weighted by molar-refractivity contribution is -0.155. The molecule has 1 atom stereocenters. The van der Waals surface area contributed by atoms with Crippen molar-refractivity contribution < 1.29 is 19.1 Å². The van der Waals surface area contributed by atoms with Gasteiger partial charge in [-0.25, -0.2) is 0 Å². The summed E-state index contributed by atoms with van der Waals surface area (Å²) in [6.45, 7) is 7.58. The van der Waals surface area contributed by atoms with E-state index in [1.165, 1.54) is 0 Å². The van der Waals surface area contributed by atoms with Crippen LogP contribution in [0.25, 0.3) is 0 Å². The smallest absolute Gasteiger partial charge is 0.307 e. The summed E-state index contributed by atoms with van der Waals surface area (Å²) in [5, 5.41) is 2.97. The van der Waals surface area contributed by atoms with Gasteiger partial charge in [-0.1, -0.05) is 0 Å². The lowest BCUT2D eigenvalue weighted by atomic mass is 9.96. The van der Waals surface area contributed by atoms with E-state index in [-0.39, 0.29) is 32.5 Å². The van der Waals surface area contributed by atoms with E-state index < -0.39 is 5.60 Å². The summed E-state index contributed by atoms with van der Waals surface area (Å²) in [7, 11) is 0.150. The van der Waals surface area contributed by atoms with Gasteiger partial charge in [0, 0.05) is 11.7 Å². The van der Waals surface area contributed by atoms with Gasteiger partial charge in [-0.3, -0.25) is 4.79 Å². The Hall–Kier alpha value is -2.02. The Morgan fingerprint density at radius 2 is 2.13 bits per heavy atom. The van der Waals surface area contributed by atoms with Crippen LogP contribution in [0.4, 0.5) is 5.69 Å². The van der Waals surface area contributed by atoms with Gasteiger partial charge in [-0.2, -0.15) is 0 Å². The molecule has 6 nitrogen and oxygen atoms in total. The summed E-state index contributed by atoms with van der Waals surface area (Å²) in [4.78, 5) is 22.5. The number of hydrogen-bond acceptors (Lipinski definition) is 6. The molecule has 0 aliphatic heterocycles. The zero-order chi connectivity index (χ0) is 17.5. The normalized spacial score (nSPS) is 12.3. The third kappa shape index (κ3) is 7.69. The maximum atomic E-state index is 11.9. The molecule has 23 heavy (non-hydrogen) atoms. The molecule has 0 aliphatic rings. The molecule has 1 aromatic carbocycles. The number of carbonyl (C=O) groups is 2. The number of nitrogen functional groups attached to an aromatic ring is 1. The minimum Gasteiger partial charge on any atom is -0.492 e. The molecule has 1 aromatic rings. The van der Waals surface area contributed by atoms with E-state index in [0.717, 1.165) is 11.7 Å². The molecule has 0 amide bonds. The minimum atomic E-state index is -0.541. The van der Waals surface area contributed by atoms with Crippen LogP contribution in [0.15, 0.2) is 18.2 Å². The molecule has 0 saturated carbocycles. The lowest BCUT2D eigenvalue weighted by Crippen LogP contribution is -2.41. The van der Waals surface area contributed by atoms with Crippen LogP contribution >= 0.6 is 0 Å². The topological polar surface area (TPSA) is 90.7 Å². The summed E-state index contributed by atoms with van der Waals surface area (Å²) < 4.78 is 11.0.